The van der Waals surface area contributed by atoms with E-state index in [1.807, 2.05) is 30.3 Å². The number of aromatic amines is 2. The largest absolute Gasteiger partial charge is 0.295 e. The normalized spacial score (nSPS) is 11.9. The predicted molar refractivity (Wildman–Crippen MR) is 102 cm³/mol. The molecule has 0 radical (unpaired) electrons. The molecule has 0 saturated heterocycles. The molecule has 0 spiro atoms. The molecule has 10 heteroatoms. The van der Waals surface area contributed by atoms with Crippen LogP contribution < -0.4 is 0 Å². The molecule has 4 rings (SSSR count). The number of rotatable bonds is 5. The van der Waals surface area contributed by atoms with Gasteiger partial charge in [-0.3, -0.25) is 4.55 Å². The zero-order valence-electron chi connectivity index (χ0n) is 14.3. The van der Waals surface area contributed by atoms with Crippen LogP contribution >= 0.6 is 0 Å². The first-order chi connectivity index (χ1) is 13.5. The summed E-state index contributed by atoms with van der Waals surface area (Å²) in [5, 5.41) is 20.5. The SMILES string of the molecule is O=S(=O)(O)c1c(C=Cc2ccccc2)ccc(-c2cn[nH]n2)c1-c1cn[nH]n1. The smallest absolute Gasteiger partial charge is 0.282 e. The number of hydrogen-bond donors (Lipinski definition) is 3. The van der Waals surface area contributed by atoms with E-state index in [2.05, 4.69) is 30.8 Å². The lowest BCUT2D eigenvalue weighted by Gasteiger charge is -2.12. The molecule has 0 bridgehead atoms. The number of hydrogen-bond acceptors (Lipinski definition) is 6. The molecule has 0 aliphatic carbocycles. The van der Waals surface area contributed by atoms with Crippen molar-refractivity contribution in [1.82, 2.24) is 30.8 Å². The van der Waals surface area contributed by atoms with E-state index in [9.17, 15) is 13.0 Å². The molecule has 3 N–H and O–H groups in total. The lowest BCUT2D eigenvalue weighted by atomic mass is 9.98. The molecule has 0 aliphatic rings. The fourth-order valence-corrected chi connectivity index (χ4v) is 3.79. The first-order valence-electron chi connectivity index (χ1n) is 8.14. The molecule has 0 amide bonds. The van der Waals surface area contributed by atoms with Crippen LogP contribution in [0.15, 0.2) is 59.8 Å². The Labute approximate surface area is 159 Å². The maximum absolute atomic E-state index is 12.3. The third-order valence-electron chi connectivity index (χ3n) is 4.06. The number of H-pyrrole nitrogens is 2. The molecule has 140 valence electrons. The van der Waals surface area contributed by atoms with E-state index < -0.39 is 10.1 Å². The number of nitrogens with zero attached hydrogens (tertiary/aromatic N) is 4. The van der Waals surface area contributed by atoms with Crippen LogP contribution in [0.2, 0.25) is 0 Å². The molecule has 0 aliphatic heterocycles. The molecule has 0 unspecified atom stereocenters. The standard InChI is InChI=1S/C18H14N6O3S/c25-28(26,27)18-13(7-6-12-4-2-1-3-5-12)8-9-14(15-10-19-23-21-15)17(18)16-11-20-24-22-16/h1-11H,(H,19,21,23)(H,20,22,24)(H,25,26,27). The second-order valence-electron chi connectivity index (χ2n) is 5.84. The molecule has 2 heterocycles. The Morgan fingerprint density at radius 3 is 2.14 bits per heavy atom. The summed E-state index contributed by atoms with van der Waals surface area (Å²) in [6.07, 6.45) is 6.20. The lowest BCUT2D eigenvalue weighted by Crippen LogP contribution is -2.05. The van der Waals surface area contributed by atoms with Crippen LogP contribution in [0.1, 0.15) is 11.1 Å². The summed E-state index contributed by atoms with van der Waals surface area (Å²) in [5.41, 5.74) is 2.46. The van der Waals surface area contributed by atoms with Crippen LogP contribution in [-0.2, 0) is 10.1 Å². The van der Waals surface area contributed by atoms with Gasteiger partial charge in [-0.05, 0) is 11.1 Å². The quantitative estimate of drug-likeness (QED) is 0.349. The fourth-order valence-electron chi connectivity index (χ4n) is 2.88. The molecule has 28 heavy (non-hydrogen) atoms. The zero-order chi connectivity index (χ0) is 19.6. The fraction of sp³-hybridized carbons (Fsp3) is 0. The minimum absolute atomic E-state index is 0.181. The predicted octanol–water partition coefficient (Wildman–Crippen LogP) is 2.67. The van der Waals surface area contributed by atoms with Crippen LogP contribution in [0.3, 0.4) is 0 Å². The highest BCUT2D eigenvalue weighted by atomic mass is 32.2. The highest BCUT2D eigenvalue weighted by Gasteiger charge is 2.26. The Morgan fingerprint density at radius 2 is 1.54 bits per heavy atom. The van der Waals surface area contributed by atoms with Gasteiger partial charge in [-0.1, -0.05) is 54.6 Å². The van der Waals surface area contributed by atoms with Crippen molar-refractivity contribution in [2.75, 3.05) is 0 Å². The third-order valence-corrected chi connectivity index (χ3v) is 5.02. The van der Waals surface area contributed by atoms with Crippen molar-refractivity contribution >= 4 is 22.3 Å². The van der Waals surface area contributed by atoms with E-state index in [1.165, 1.54) is 12.4 Å². The van der Waals surface area contributed by atoms with Gasteiger partial charge >= 0.3 is 0 Å². The van der Waals surface area contributed by atoms with Crippen molar-refractivity contribution in [1.29, 1.82) is 0 Å². The van der Waals surface area contributed by atoms with E-state index in [1.54, 1.807) is 24.3 Å². The summed E-state index contributed by atoms with van der Waals surface area (Å²) in [4.78, 5) is -0.283. The Kier molecular flexibility index (Phi) is 4.55. The molecular formula is C18H14N6O3S. The zero-order valence-corrected chi connectivity index (χ0v) is 15.1. The number of aromatic nitrogens is 6. The maximum atomic E-state index is 12.3. The van der Waals surface area contributed by atoms with Gasteiger partial charge in [0.2, 0.25) is 0 Å². The van der Waals surface area contributed by atoms with Gasteiger partial charge in [-0.2, -0.15) is 39.2 Å². The monoisotopic (exact) mass is 394 g/mol. The number of nitrogens with one attached hydrogen (secondary N) is 2. The molecule has 2 aromatic heterocycles. The minimum Gasteiger partial charge on any atom is -0.282 e. The molecule has 0 fully saturated rings. The summed E-state index contributed by atoms with van der Waals surface area (Å²) in [6.45, 7) is 0. The topological polar surface area (TPSA) is 138 Å². The molecule has 4 aromatic rings. The van der Waals surface area contributed by atoms with Crippen LogP contribution in [0.4, 0.5) is 0 Å². The van der Waals surface area contributed by atoms with E-state index in [0.29, 0.717) is 16.8 Å². The van der Waals surface area contributed by atoms with Gasteiger partial charge in [0.15, 0.2) is 0 Å². The van der Waals surface area contributed by atoms with E-state index in [4.69, 9.17) is 0 Å². The van der Waals surface area contributed by atoms with Gasteiger partial charge in [-0.25, -0.2) is 0 Å². The lowest BCUT2D eigenvalue weighted by molar-refractivity contribution is 0.483. The average Bonchev–Trinajstić information content (AvgIpc) is 3.39. The summed E-state index contributed by atoms with van der Waals surface area (Å²) in [5.74, 6) is 0. The van der Waals surface area contributed by atoms with Crippen LogP contribution in [0, 0.1) is 0 Å². The second-order valence-corrected chi connectivity index (χ2v) is 7.19. The first-order valence-corrected chi connectivity index (χ1v) is 9.58. The van der Waals surface area contributed by atoms with Crippen molar-refractivity contribution in [3.05, 3.63) is 66.0 Å². The second kappa shape index (κ2) is 7.18. The van der Waals surface area contributed by atoms with Crippen LogP contribution in [-0.4, -0.2) is 43.8 Å². The van der Waals surface area contributed by atoms with Gasteiger partial charge in [0.1, 0.15) is 16.3 Å². The van der Waals surface area contributed by atoms with Crippen molar-refractivity contribution < 1.29 is 13.0 Å². The van der Waals surface area contributed by atoms with E-state index in [0.717, 1.165) is 5.56 Å². The highest BCUT2D eigenvalue weighted by Crippen LogP contribution is 2.37. The molecule has 0 atom stereocenters. The summed E-state index contributed by atoms with van der Waals surface area (Å²) in [6, 6.07) is 12.7. The van der Waals surface area contributed by atoms with E-state index >= 15 is 0 Å². The van der Waals surface area contributed by atoms with Gasteiger partial charge in [0.05, 0.1) is 12.4 Å². The summed E-state index contributed by atoms with van der Waals surface area (Å²) in [7, 11) is -4.60. The Balaban J connectivity index is 1.98. The molecule has 0 saturated carbocycles. The maximum Gasteiger partial charge on any atom is 0.295 e. The molecular weight excluding hydrogens is 380 g/mol. The van der Waals surface area contributed by atoms with Gasteiger partial charge in [0, 0.05) is 11.1 Å². The van der Waals surface area contributed by atoms with Crippen LogP contribution in [0.25, 0.3) is 34.7 Å². The van der Waals surface area contributed by atoms with Crippen molar-refractivity contribution in [3.63, 3.8) is 0 Å². The Morgan fingerprint density at radius 1 is 0.857 bits per heavy atom. The highest BCUT2D eigenvalue weighted by molar-refractivity contribution is 7.86. The Hall–Kier alpha value is -3.63. The average molecular weight is 394 g/mol. The Bertz CT molecular complexity index is 1220. The van der Waals surface area contributed by atoms with Crippen molar-refractivity contribution in [3.8, 4) is 22.5 Å². The summed E-state index contributed by atoms with van der Waals surface area (Å²) >= 11 is 0. The number of benzene rings is 2. The van der Waals surface area contributed by atoms with Gasteiger partial charge in [-0.15, -0.1) is 0 Å². The summed E-state index contributed by atoms with van der Waals surface area (Å²) < 4.78 is 34.6. The third kappa shape index (κ3) is 3.46. The van der Waals surface area contributed by atoms with E-state index in [-0.39, 0.29) is 16.2 Å². The van der Waals surface area contributed by atoms with Gasteiger partial charge < -0.3 is 0 Å². The van der Waals surface area contributed by atoms with Crippen molar-refractivity contribution in [2.24, 2.45) is 0 Å². The first kappa shape index (κ1) is 17.8. The van der Waals surface area contributed by atoms with Crippen LogP contribution in [0.5, 0.6) is 0 Å². The molecule has 9 nitrogen and oxygen atoms in total. The molecule has 2 aromatic carbocycles. The van der Waals surface area contributed by atoms with Gasteiger partial charge in [0.25, 0.3) is 10.1 Å². The minimum atomic E-state index is -4.60. The van der Waals surface area contributed by atoms with Crippen molar-refractivity contribution in [2.45, 2.75) is 4.90 Å².